The molecule has 0 aliphatic carbocycles. The summed E-state index contributed by atoms with van der Waals surface area (Å²) in [6, 6.07) is 17.6. The van der Waals surface area contributed by atoms with Crippen molar-refractivity contribution in [3.05, 3.63) is 66.2 Å². The number of urea groups is 1. The Kier molecular flexibility index (Phi) is 4.99. The maximum Gasteiger partial charge on any atom is 0.325 e. The number of nitrogens with one attached hydrogen (secondary N) is 1. The van der Waals surface area contributed by atoms with Crippen LogP contribution in [0.5, 0.6) is 0 Å². The van der Waals surface area contributed by atoms with E-state index in [2.05, 4.69) is 5.32 Å². The number of amides is 4. The van der Waals surface area contributed by atoms with E-state index in [-0.39, 0.29) is 18.5 Å². The largest absolute Gasteiger partial charge is 0.325 e. The average molecular weight is 365 g/mol. The fraction of sp³-hybridized carbons (Fsp3) is 0.286. The van der Waals surface area contributed by atoms with Crippen LogP contribution in [0.4, 0.5) is 10.5 Å². The van der Waals surface area contributed by atoms with Crippen molar-refractivity contribution < 1.29 is 14.4 Å². The van der Waals surface area contributed by atoms with E-state index in [1.54, 1.807) is 24.0 Å². The highest BCUT2D eigenvalue weighted by molar-refractivity contribution is 6.10. The van der Waals surface area contributed by atoms with E-state index in [1.165, 1.54) is 0 Å². The normalized spacial score (nSPS) is 19.3. The lowest BCUT2D eigenvalue weighted by Gasteiger charge is -2.28. The standard InChI is InChI=1S/C21H23N3O3/c1-15(2)24(17-12-8-5-9-13-17)18(25)14-23-19(26)21(3,22-20(23)27)16-10-6-4-7-11-16/h4-13,15H,14H2,1-3H3,(H,22,27). The van der Waals surface area contributed by atoms with Crippen molar-refractivity contribution in [3.63, 3.8) is 0 Å². The summed E-state index contributed by atoms with van der Waals surface area (Å²) in [6.07, 6.45) is 0. The quantitative estimate of drug-likeness (QED) is 0.829. The molecule has 0 saturated carbocycles. The Hall–Kier alpha value is -3.15. The summed E-state index contributed by atoms with van der Waals surface area (Å²) in [5.41, 5.74) is 0.242. The third-order valence-electron chi connectivity index (χ3n) is 4.74. The van der Waals surface area contributed by atoms with E-state index in [9.17, 15) is 14.4 Å². The summed E-state index contributed by atoms with van der Waals surface area (Å²) in [7, 11) is 0. The van der Waals surface area contributed by atoms with Crippen molar-refractivity contribution in [1.29, 1.82) is 0 Å². The lowest BCUT2D eigenvalue weighted by molar-refractivity contribution is -0.134. The molecule has 6 heteroatoms. The molecule has 1 unspecified atom stereocenters. The molecule has 1 fully saturated rings. The summed E-state index contributed by atoms with van der Waals surface area (Å²) < 4.78 is 0. The number of carbonyl (C=O) groups excluding carboxylic acids is 3. The highest BCUT2D eigenvalue weighted by atomic mass is 16.2. The topological polar surface area (TPSA) is 69.7 Å². The molecule has 1 N–H and O–H groups in total. The van der Waals surface area contributed by atoms with Gasteiger partial charge in [0.05, 0.1) is 0 Å². The SMILES string of the molecule is CC(C)N(C(=O)CN1C(=O)NC(C)(c2ccccc2)C1=O)c1ccccc1. The van der Waals surface area contributed by atoms with Crippen LogP contribution in [-0.2, 0) is 15.1 Å². The second-order valence-electron chi connectivity index (χ2n) is 7.01. The van der Waals surface area contributed by atoms with Crippen molar-refractivity contribution in [2.45, 2.75) is 32.4 Å². The van der Waals surface area contributed by atoms with Crippen LogP contribution < -0.4 is 10.2 Å². The zero-order valence-electron chi connectivity index (χ0n) is 15.7. The summed E-state index contributed by atoms with van der Waals surface area (Å²) in [5, 5.41) is 2.73. The molecule has 27 heavy (non-hydrogen) atoms. The Bertz CT molecular complexity index is 851. The molecule has 3 rings (SSSR count). The molecule has 2 aromatic carbocycles. The van der Waals surface area contributed by atoms with Gasteiger partial charge in [-0.2, -0.15) is 0 Å². The van der Waals surface area contributed by atoms with Gasteiger partial charge < -0.3 is 10.2 Å². The van der Waals surface area contributed by atoms with E-state index in [0.29, 0.717) is 5.56 Å². The van der Waals surface area contributed by atoms with Gasteiger partial charge in [0.2, 0.25) is 5.91 Å². The van der Waals surface area contributed by atoms with Crippen LogP contribution in [0.15, 0.2) is 60.7 Å². The second kappa shape index (κ2) is 7.23. The Labute approximate surface area is 158 Å². The smallest absolute Gasteiger partial charge is 0.319 e. The van der Waals surface area contributed by atoms with Gasteiger partial charge in [0, 0.05) is 11.7 Å². The molecule has 2 aromatic rings. The van der Waals surface area contributed by atoms with Gasteiger partial charge in [0.1, 0.15) is 12.1 Å². The minimum absolute atomic E-state index is 0.110. The first-order valence-corrected chi connectivity index (χ1v) is 8.91. The van der Waals surface area contributed by atoms with Crippen molar-refractivity contribution in [2.75, 3.05) is 11.4 Å². The molecule has 140 valence electrons. The predicted molar refractivity (Wildman–Crippen MR) is 103 cm³/mol. The third kappa shape index (κ3) is 3.43. The van der Waals surface area contributed by atoms with Crippen LogP contribution in [0.2, 0.25) is 0 Å². The number of rotatable bonds is 5. The molecule has 0 radical (unpaired) electrons. The number of nitrogens with zero attached hydrogens (tertiary/aromatic N) is 2. The van der Waals surface area contributed by atoms with Crippen molar-refractivity contribution in [1.82, 2.24) is 10.2 Å². The van der Waals surface area contributed by atoms with E-state index in [4.69, 9.17) is 0 Å². The molecule has 1 heterocycles. The minimum atomic E-state index is -1.17. The Balaban J connectivity index is 1.83. The molecule has 0 aromatic heterocycles. The fourth-order valence-electron chi connectivity index (χ4n) is 3.34. The van der Waals surface area contributed by atoms with E-state index < -0.39 is 17.5 Å². The Morgan fingerprint density at radius 3 is 2.15 bits per heavy atom. The van der Waals surface area contributed by atoms with Crippen LogP contribution in [0, 0.1) is 0 Å². The lowest BCUT2D eigenvalue weighted by Crippen LogP contribution is -2.46. The van der Waals surface area contributed by atoms with Gasteiger partial charge >= 0.3 is 6.03 Å². The average Bonchev–Trinajstić information content (AvgIpc) is 2.87. The summed E-state index contributed by atoms with van der Waals surface area (Å²) in [4.78, 5) is 41.0. The zero-order valence-corrected chi connectivity index (χ0v) is 15.7. The monoisotopic (exact) mass is 365 g/mol. The number of hydrogen-bond acceptors (Lipinski definition) is 3. The third-order valence-corrected chi connectivity index (χ3v) is 4.74. The highest BCUT2D eigenvalue weighted by Gasteiger charge is 2.49. The molecule has 1 atom stereocenters. The van der Waals surface area contributed by atoms with Crippen molar-refractivity contribution >= 4 is 23.5 Å². The molecule has 4 amide bonds. The molecular weight excluding hydrogens is 342 g/mol. The van der Waals surface area contributed by atoms with Gasteiger partial charge in [0.15, 0.2) is 0 Å². The van der Waals surface area contributed by atoms with Crippen molar-refractivity contribution in [3.8, 4) is 0 Å². The van der Waals surface area contributed by atoms with Gasteiger partial charge in [-0.15, -0.1) is 0 Å². The van der Waals surface area contributed by atoms with E-state index in [1.807, 2.05) is 62.4 Å². The van der Waals surface area contributed by atoms with Gasteiger partial charge in [0.25, 0.3) is 5.91 Å². The maximum absolute atomic E-state index is 13.0. The zero-order chi connectivity index (χ0) is 19.6. The minimum Gasteiger partial charge on any atom is -0.319 e. The second-order valence-corrected chi connectivity index (χ2v) is 7.01. The molecule has 0 spiro atoms. The summed E-state index contributed by atoms with van der Waals surface area (Å²) in [6.45, 7) is 5.14. The molecule has 1 aliphatic heterocycles. The van der Waals surface area contributed by atoms with Gasteiger partial charge in [-0.3, -0.25) is 14.5 Å². The molecule has 6 nitrogen and oxygen atoms in total. The number of imide groups is 1. The first-order valence-electron chi connectivity index (χ1n) is 8.91. The van der Waals surface area contributed by atoms with Crippen LogP contribution in [0.3, 0.4) is 0 Å². The van der Waals surface area contributed by atoms with Gasteiger partial charge in [-0.25, -0.2) is 4.79 Å². The first kappa shape index (κ1) is 18.6. The Morgan fingerprint density at radius 2 is 1.59 bits per heavy atom. The fourth-order valence-corrected chi connectivity index (χ4v) is 3.34. The molecular formula is C21H23N3O3. The molecule has 0 bridgehead atoms. The van der Waals surface area contributed by atoms with Crippen LogP contribution in [0.25, 0.3) is 0 Å². The molecule has 1 saturated heterocycles. The van der Waals surface area contributed by atoms with Gasteiger partial charge in [-0.1, -0.05) is 48.5 Å². The lowest BCUT2D eigenvalue weighted by atomic mass is 9.92. The molecule has 1 aliphatic rings. The summed E-state index contributed by atoms with van der Waals surface area (Å²) >= 11 is 0. The maximum atomic E-state index is 13.0. The van der Waals surface area contributed by atoms with E-state index >= 15 is 0 Å². The van der Waals surface area contributed by atoms with Crippen LogP contribution >= 0.6 is 0 Å². The first-order chi connectivity index (χ1) is 12.8. The van der Waals surface area contributed by atoms with Gasteiger partial charge in [-0.05, 0) is 38.5 Å². The van der Waals surface area contributed by atoms with Crippen LogP contribution in [0.1, 0.15) is 26.3 Å². The van der Waals surface area contributed by atoms with Crippen molar-refractivity contribution in [2.24, 2.45) is 0 Å². The number of carbonyl (C=O) groups is 3. The number of anilines is 1. The van der Waals surface area contributed by atoms with Crippen LogP contribution in [-0.4, -0.2) is 35.3 Å². The number of benzene rings is 2. The highest BCUT2D eigenvalue weighted by Crippen LogP contribution is 2.29. The van der Waals surface area contributed by atoms with E-state index in [0.717, 1.165) is 10.6 Å². The number of hydrogen-bond donors (Lipinski definition) is 1. The predicted octanol–water partition coefficient (Wildman–Crippen LogP) is 2.90. The Morgan fingerprint density at radius 1 is 1.04 bits per heavy atom. The summed E-state index contributed by atoms with van der Waals surface area (Å²) in [5.74, 6) is -0.735. The number of para-hydroxylation sites is 1.